The number of hydrogen-bond acceptors (Lipinski definition) is 5. The number of thiazole rings is 1. The second-order valence-corrected chi connectivity index (χ2v) is 7.70. The molecule has 0 atom stereocenters. The van der Waals surface area contributed by atoms with E-state index in [9.17, 15) is 14.0 Å². The van der Waals surface area contributed by atoms with Crippen molar-refractivity contribution in [3.8, 4) is 0 Å². The second kappa shape index (κ2) is 9.93. The minimum atomic E-state index is -0.504. The van der Waals surface area contributed by atoms with E-state index in [-0.39, 0.29) is 29.9 Å². The number of rotatable bonds is 7. The fraction of sp³-hybridized carbons (Fsp3) is 0.238. The van der Waals surface area contributed by atoms with Crippen molar-refractivity contribution in [3.63, 3.8) is 0 Å². The number of nitrogens with zero attached hydrogens (tertiary/aromatic N) is 3. The third kappa shape index (κ3) is 5.60. The summed E-state index contributed by atoms with van der Waals surface area (Å²) in [6.45, 7) is 4.22. The molecule has 0 saturated carbocycles. The Morgan fingerprint density at radius 1 is 1.17 bits per heavy atom. The molecule has 0 bridgehead atoms. The molecule has 1 aromatic carbocycles. The van der Waals surface area contributed by atoms with E-state index in [2.05, 4.69) is 20.6 Å². The maximum atomic E-state index is 13.8. The van der Waals surface area contributed by atoms with Gasteiger partial charge >= 0.3 is 6.03 Å². The Hall–Kier alpha value is -3.33. The van der Waals surface area contributed by atoms with Gasteiger partial charge in [0.05, 0.1) is 24.5 Å². The molecule has 0 radical (unpaired) electrons. The van der Waals surface area contributed by atoms with E-state index in [1.807, 2.05) is 26.0 Å². The van der Waals surface area contributed by atoms with Crippen LogP contribution in [0.15, 0.2) is 54.0 Å². The van der Waals surface area contributed by atoms with Crippen molar-refractivity contribution in [1.82, 2.24) is 20.2 Å². The predicted molar refractivity (Wildman–Crippen MR) is 114 cm³/mol. The van der Waals surface area contributed by atoms with Gasteiger partial charge in [0, 0.05) is 17.6 Å². The number of amides is 3. The molecule has 0 spiro atoms. The maximum Gasteiger partial charge on any atom is 0.322 e. The SMILES string of the molecule is CC(C)N(Cc1nc(C(=O)NCc2ccccn2)cs1)C(=O)Nc1ccccc1F. The largest absolute Gasteiger partial charge is 0.345 e. The Bertz CT molecular complexity index is 1010. The van der Waals surface area contributed by atoms with Crippen LogP contribution in [-0.4, -0.2) is 32.8 Å². The molecule has 30 heavy (non-hydrogen) atoms. The molecule has 2 heterocycles. The molecule has 0 aliphatic heterocycles. The van der Waals surface area contributed by atoms with E-state index < -0.39 is 11.8 Å². The smallest absolute Gasteiger partial charge is 0.322 e. The van der Waals surface area contributed by atoms with E-state index in [1.165, 1.54) is 28.4 Å². The van der Waals surface area contributed by atoms with Gasteiger partial charge in [-0.15, -0.1) is 11.3 Å². The first-order valence-corrected chi connectivity index (χ1v) is 10.3. The Labute approximate surface area is 178 Å². The summed E-state index contributed by atoms with van der Waals surface area (Å²) in [7, 11) is 0. The molecule has 156 valence electrons. The molecule has 3 aromatic rings. The lowest BCUT2D eigenvalue weighted by molar-refractivity contribution is 0.0946. The molecule has 3 rings (SSSR count). The van der Waals surface area contributed by atoms with Crippen molar-refractivity contribution < 1.29 is 14.0 Å². The van der Waals surface area contributed by atoms with E-state index in [1.54, 1.807) is 29.8 Å². The van der Waals surface area contributed by atoms with Gasteiger partial charge < -0.3 is 15.5 Å². The van der Waals surface area contributed by atoms with E-state index >= 15 is 0 Å². The standard InChI is InChI=1S/C21H22FN5O2S/c1-14(2)27(21(29)26-17-9-4-3-8-16(17)22)12-19-25-18(13-30-19)20(28)24-11-15-7-5-6-10-23-15/h3-10,13-14H,11-12H2,1-2H3,(H,24,28)(H,26,29). The average Bonchev–Trinajstić information content (AvgIpc) is 3.21. The normalized spacial score (nSPS) is 10.7. The molecular formula is C21H22FN5O2S. The monoisotopic (exact) mass is 427 g/mol. The number of carbonyl (C=O) groups excluding carboxylic acids is 2. The van der Waals surface area contributed by atoms with E-state index in [4.69, 9.17) is 0 Å². The van der Waals surface area contributed by atoms with Gasteiger partial charge in [-0.3, -0.25) is 9.78 Å². The molecule has 0 fully saturated rings. The van der Waals surface area contributed by atoms with Crippen LogP contribution in [0.5, 0.6) is 0 Å². The number of halogens is 1. The minimum absolute atomic E-state index is 0.113. The summed E-state index contributed by atoms with van der Waals surface area (Å²) in [5.74, 6) is -0.814. The van der Waals surface area contributed by atoms with Crippen LogP contribution in [0.4, 0.5) is 14.9 Å². The van der Waals surface area contributed by atoms with Crippen molar-refractivity contribution in [3.05, 3.63) is 76.3 Å². The van der Waals surface area contributed by atoms with E-state index in [0.29, 0.717) is 11.6 Å². The van der Waals surface area contributed by atoms with Crippen molar-refractivity contribution in [2.75, 3.05) is 5.32 Å². The van der Waals surface area contributed by atoms with Crippen molar-refractivity contribution in [1.29, 1.82) is 0 Å². The molecule has 2 aromatic heterocycles. The quantitative estimate of drug-likeness (QED) is 0.596. The molecule has 0 unspecified atom stereocenters. The molecule has 0 aliphatic rings. The predicted octanol–water partition coefficient (Wildman–Crippen LogP) is 4.05. The first-order valence-electron chi connectivity index (χ1n) is 9.38. The highest BCUT2D eigenvalue weighted by Crippen LogP contribution is 2.18. The fourth-order valence-electron chi connectivity index (χ4n) is 2.64. The molecule has 9 heteroatoms. The average molecular weight is 428 g/mol. The van der Waals surface area contributed by atoms with Crippen LogP contribution in [0.25, 0.3) is 0 Å². The summed E-state index contributed by atoms with van der Waals surface area (Å²) in [6.07, 6.45) is 1.66. The lowest BCUT2D eigenvalue weighted by atomic mass is 10.3. The minimum Gasteiger partial charge on any atom is -0.345 e. The summed E-state index contributed by atoms with van der Waals surface area (Å²) in [4.78, 5) is 35.0. The fourth-order valence-corrected chi connectivity index (χ4v) is 3.41. The third-order valence-electron chi connectivity index (χ3n) is 4.25. The molecular weight excluding hydrogens is 405 g/mol. The third-order valence-corrected chi connectivity index (χ3v) is 5.08. The van der Waals surface area contributed by atoms with Crippen molar-refractivity contribution in [2.24, 2.45) is 0 Å². The Balaban J connectivity index is 1.62. The van der Waals surface area contributed by atoms with Gasteiger partial charge in [-0.25, -0.2) is 14.2 Å². The maximum absolute atomic E-state index is 13.8. The van der Waals surface area contributed by atoms with Gasteiger partial charge in [-0.1, -0.05) is 18.2 Å². The molecule has 7 nitrogen and oxygen atoms in total. The lowest BCUT2D eigenvalue weighted by Gasteiger charge is -2.26. The van der Waals surface area contributed by atoms with Gasteiger partial charge in [-0.05, 0) is 38.1 Å². The topological polar surface area (TPSA) is 87.2 Å². The first-order chi connectivity index (χ1) is 14.4. The van der Waals surface area contributed by atoms with Gasteiger partial charge in [-0.2, -0.15) is 0 Å². The van der Waals surface area contributed by atoms with E-state index in [0.717, 1.165) is 5.69 Å². The Morgan fingerprint density at radius 3 is 2.63 bits per heavy atom. The summed E-state index contributed by atoms with van der Waals surface area (Å²) in [5, 5.41) is 7.61. The Kier molecular flexibility index (Phi) is 7.08. The molecule has 3 amide bonds. The van der Waals surface area contributed by atoms with Crippen LogP contribution in [-0.2, 0) is 13.1 Å². The van der Waals surface area contributed by atoms with Crippen LogP contribution in [0.3, 0.4) is 0 Å². The summed E-state index contributed by atoms with van der Waals surface area (Å²) in [5.41, 5.74) is 1.14. The number of nitrogens with one attached hydrogen (secondary N) is 2. The van der Waals surface area contributed by atoms with Gasteiger partial charge in [0.1, 0.15) is 16.5 Å². The number of aromatic nitrogens is 2. The highest BCUT2D eigenvalue weighted by atomic mass is 32.1. The second-order valence-electron chi connectivity index (χ2n) is 6.76. The highest BCUT2D eigenvalue weighted by Gasteiger charge is 2.21. The number of carbonyl (C=O) groups is 2. The van der Waals surface area contributed by atoms with Crippen molar-refractivity contribution in [2.45, 2.75) is 33.0 Å². The molecule has 0 saturated heterocycles. The van der Waals surface area contributed by atoms with Crippen LogP contribution >= 0.6 is 11.3 Å². The number of pyridine rings is 1. The lowest BCUT2D eigenvalue weighted by Crippen LogP contribution is -2.39. The van der Waals surface area contributed by atoms with Gasteiger partial charge in [0.2, 0.25) is 0 Å². The van der Waals surface area contributed by atoms with Crippen LogP contribution in [0.1, 0.15) is 35.0 Å². The van der Waals surface area contributed by atoms with Crippen LogP contribution in [0, 0.1) is 5.82 Å². The zero-order chi connectivity index (χ0) is 21.5. The molecule has 2 N–H and O–H groups in total. The zero-order valence-electron chi connectivity index (χ0n) is 16.6. The highest BCUT2D eigenvalue weighted by molar-refractivity contribution is 7.09. The number of benzene rings is 1. The zero-order valence-corrected chi connectivity index (χ0v) is 17.4. The van der Waals surface area contributed by atoms with Gasteiger partial charge in [0.15, 0.2) is 0 Å². The number of para-hydroxylation sites is 1. The van der Waals surface area contributed by atoms with Gasteiger partial charge in [0.25, 0.3) is 5.91 Å². The summed E-state index contributed by atoms with van der Waals surface area (Å²) >= 11 is 1.29. The Morgan fingerprint density at radius 2 is 1.93 bits per heavy atom. The first kappa shape index (κ1) is 21.4. The number of hydrogen-bond donors (Lipinski definition) is 2. The van der Waals surface area contributed by atoms with Crippen LogP contribution in [0.2, 0.25) is 0 Å². The number of urea groups is 1. The van der Waals surface area contributed by atoms with Crippen LogP contribution < -0.4 is 10.6 Å². The molecule has 0 aliphatic carbocycles. The van der Waals surface area contributed by atoms with Crippen molar-refractivity contribution >= 4 is 29.0 Å². The summed E-state index contributed by atoms with van der Waals surface area (Å²) < 4.78 is 13.8. The number of anilines is 1. The summed E-state index contributed by atoms with van der Waals surface area (Å²) in [6, 6.07) is 10.9.